The highest BCUT2D eigenvalue weighted by Gasteiger charge is 2.20. The molecule has 33 heavy (non-hydrogen) atoms. The summed E-state index contributed by atoms with van der Waals surface area (Å²) in [6, 6.07) is 20.5. The van der Waals surface area contributed by atoms with E-state index in [0.29, 0.717) is 16.8 Å². The van der Waals surface area contributed by atoms with Gasteiger partial charge in [0.05, 0.1) is 32.9 Å². The number of nitrogens with zero attached hydrogens (tertiary/aromatic N) is 1. The Hall–Kier alpha value is -3.69. The van der Waals surface area contributed by atoms with Crippen LogP contribution in [0.3, 0.4) is 0 Å². The molecule has 3 aromatic carbocycles. The number of sulfonamides is 1. The van der Waals surface area contributed by atoms with Gasteiger partial charge < -0.3 is 5.32 Å². The molecule has 0 saturated heterocycles. The van der Waals surface area contributed by atoms with Crippen LogP contribution in [0.4, 0.5) is 5.69 Å². The van der Waals surface area contributed by atoms with Crippen LogP contribution in [-0.2, 0) is 16.6 Å². The average molecular weight is 480 g/mol. The number of hydrogen-bond donors (Lipinski definition) is 2. The lowest BCUT2D eigenvalue weighted by Gasteiger charge is -2.12. The Morgan fingerprint density at radius 3 is 2.52 bits per heavy atom. The Bertz CT molecular complexity index is 1490. The molecule has 0 bridgehead atoms. The van der Waals surface area contributed by atoms with E-state index in [1.54, 1.807) is 22.8 Å². The zero-order valence-corrected chi connectivity index (χ0v) is 19.2. The van der Waals surface area contributed by atoms with E-state index in [0.717, 1.165) is 16.9 Å². The quantitative estimate of drug-likeness (QED) is 0.376. The molecular weight excluding hydrogens is 458 g/mol. The molecule has 4 rings (SSSR count). The van der Waals surface area contributed by atoms with Crippen molar-refractivity contribution in [1.29, 1.82) is 0 Å². The molecule has 1 aromatic heterocycles. The summed E-state index contributed by atoms with van der Waals surface area (Å²) in [5, 5.41) is 2.64. The molecule has 0 aliphatic carbocycles. The molecule has 7 nitrogen and oxygen atoms in total. The van der Waals surface area contributed by atoms with Crippen molar-refractivity contribution < 1.29 is 13.2 Å². The maximum Gasteiger partial charge on any atom is 0.308 e. The van der Waals surface area contributed by atoms with Gasteiger partial charge in [0.15, 0.2) is 0 Å². The summed E-state index contributed by atoms with van der Waals surface area (Å²) in [6.45, 7) is 4.21. The molecule has 0 radical (unpaired) electrons. The van der Waals surface area contributed by atoms with E-state index < -0.39 is 15.9 Å². The minimum absolute atomic E-state index is 0.00409. The number of fused-ring (bicyclic) bond motifs is 1. The predicted molar refractivity (Wildman–Crippen MR) is 131 cm³/mol. The van der Waals surface area contributed by atoms with Gasteiger partial charge in [-0.05, 0) is 35.9 Å². The molecular formula is C24H21N3O4S2. The molecule has 0 saturated carbocycles. The van der Waals surface area contributed by atoms with E-state index in [9.17, 15) is 18.0 Å². The number of nitrogens with one attached hydrogen (secondary N) is 2. The molecule has 0 atom stereocenters. The van der Waals surface area contributed by atoms with Gasteiger partial charge in [-0.1, -0.05) is 59.9 Å². The number of benzene rings is 3. The summed E-state index contributed by atoms with van der Waals surface area (Å²) in [6.07, 6.45) is 1.54. The van der Waals surface area contributed by atoms with Gasteiger partial charge in [0, 0.05) is 6.54 Å². The lowest BCUT2D eigenvalue weighted by Crippen LogP contribution is -2.25. The van der Waals surface area contributed by atoms with Crippen LogP contribution in [0.5, 0.6) is 0 Å². The van der Waals surface area contributed by atoms with E-state index in [2.05, 4.69) is 16.6 Å². The zero-order chi connectivity index (χ0) is 23.4. The molecule has 0 fully saturated rings. The number of hydrogen-bond acceptors (Lipinski definition) is 5. The summed E-state index contributed by atoms with van der Waals surface area (Å²) >= 11 is 0.993. The van der Waals surface area contributed by atoms with Gasteiger partial charge in [-0.2, -0.15) is 0 Å². The second kappa shape index (κ2) is 9.43. The minimum atomic E-state index is -4.00. The lowest BCUT2D eigenvalue weighted by atomic mass is 10.1. The van der Waals surface area contributed by atoms with Crippen LogP contribution < -0.4 is 14.9 Å². The fourth-order valence-corrected chi connectivity index (χ4v) is 5.47. The van der Waals surface area contributed by atoms with Crippen LogP contribution in [0.25, 0.3) is 10.2 Å². The second-order valence-corrected chi connectivity index (χ2v) is 9.89. The van der Waals surface area contributed by atoms with Gasteiger partial charge in [0.1, 0.15) is 0 Å². The van der Waals surface area contributed by atoms with Gasteiger partial charge in [0.25, 0.3) is 15.9 Å². The molecule has 4 aromatic rings. The number of carbonyl (C=O) groups is 1. The van der Waals surface area contributed by atoms with Gasteiger partial charge in [-0.15, -0.1) is 6.58 Å². The standard InChI is InChI=1S/C24H21N3O4S2/c1-2-14-25-23(28)19-10-6-7-11-20(19)26-33(30,31)18-12-13-21-22(15-18)32-24(29)27(21)16-17-8-4-3-5-9-17/h2-13,15,26H,1,14,16H2,(H,25,28). The van der Waals surface area contributed by atoms with Crippen LogP contribution in [0.15, 0.2) is 95.1 Å². The molecule has 0 unspecified atom stereocenters. The van der Waals surface area contributed by atoms with E-state index >= 15 is 0 Å². The van der Waals surface area contributed by atoms with Crippen molar-refractivity contribution in [3.63, 3.8) is 0 Å². The van der Waals surface area contributed by atoms with Crippen molar-refractivity contribution in [3.05, 3.63) is 106 Å². The molecule has 168 valence electrons. The molecule has 9 heteroatoms. The summed E-state index contributed by atoms with van der Waals surface area (Å²) in [5.74, 6) is -0.417. The first kappa shape index (κ1) is 22.5. The second-order valence-electron chi connectivity index (χ2n) is 7.22. The normalized spacial score (nSPS) is 11.3. The SMILES string of the molecule is C=CCNC(=O)c1ccccc1NS(=O)(=O)c1ccc2c(c1)sc(=O)n2Cc1ccccc1. The Labute approximate surface area is 195 Å². The van der Waals surface area contributed by atoms with E-state index in [1.165, 1.54) is 30.3 Å². The largest absolute Gasteiger partial charge is 0.349 e. The highest BCUT2D eigenvalue weighted by atomic mass is 32.2. The van der Waals surface area contributed by atoms with Gasteiger partial charge >= 0.3 is 4.87 Å². The van der Waals surface area contributed by atoms with Crippen molar-refractivity contribution in [3.8, 4) is 0 Å². The number of amides is 1. The first-order valence-corrected chi connectivity index (χ1v) is 12.4. The molecule has 1 amide bonds. The third kappa shape index (κ3) is 4.89. The minimum Gasteiger partial charge on any atom is -0.349 e. The average Bonchev–Trinajstić information content (AvgIpc) is 3.12. The monoisotopic (exact) mass is 479 g/mol. The van der Waals surface area contributed by atoms with Crippen molar-refractivity contribution in [1.82, 2.24) is 9.88 Å². The first-order valence-electron chi connectivity index (χ1n) is 10.1. The smallest absolute Gasteiger partial charge is 0.308 e. The van der Waals surface area contributed by atoms with Crippen LogP contribution in [0, 0.1) is 0 Å². The Kier molecular flexibility index (Phi) is 6.43. The van der Waals surface area contributed by atoms with Crippen LogP contribution in [0.2, 0.25) is 0 Å². The van der Waals surface area contributed by atoms with Gasteiger partial charge in [0.2, 0.25) is 0 Å². The van der Waals surface area contributed by atoms with Crippen molar-refractivity contribution in [2.45, 2.75) is 11.4 Å². The third-order valence-corrected chi connectivity index (χ3v) is 7.26. The molecule has 1 heterocycles. The highest BCUT2D eigenvalue weighted by Crippen LogP contribution is 2.25. The topological polar surface area (TPSA) is 97.3 Å². The lowest BCUT2D eigenvalue weighted by molar-refractivity contribution is 0.0959. The van der Waals surface area contributed by atoms with E-state index in [1.807, 2.05) is 30.3 Å². The fourth-order valence-electron chi connectivity index (χ4n) is 3.36. The van der Waals surface area contributed by atoms with Gasteiger partial charge in [-0.25, -0.2) is 8.42 Å². The van der Waals surface area contributed by atoms with Crippen LogP contribution in [-0.4, -0.2) is 25.4 Å². The maximum absolute atomic E-state index is 13.1. The number of aromatic nitrogens is 1. The number of carbonyl (C=O) groups excluding carboxylic acids is 1. The maximum atomic E-state index is 13.1. The number of thiazole rings is 1. The van der Waals surface area contributed by atoms with Crippen molar-refractivity contribution in [2.75, 3.05) is 11.3 Å². The number of rotatable bonds is 8. The van der Waals surface area contributed by atoms with E-state index in [4.69, 9.17) is 0 Å². The fraction of sp³-hybridized carbons (Fsp3) is 0.0833. The first-order chi connectivity index (χ1) is 15.9. The summed E-state index contributed by atoms with van der Waals surface area (Å²) in [4.78, 5) is 24.8. The molecule has 2 N–H and O–H groups in total. The number of para-hydroxylation sites is 1. The van der Waals surface area contributed by atoms with Crippen molar-refractivity contribution in [2.24, 2.45) is 0 Å². The number of anilines is 1. The van der Waals surface area contributed by atoms with Gasteiger partial charge in [-0.3, -0.25) is 18.9 Å². The van der Waals surface area contributed by atoms with Crippen LogP contribution in [0.1, 0.15) is 15.9 Å². The highest BCUT2D eigenvalue weighted by molar-refractivity contribution is 7.92. The zero-order valence-electron chi connectivity index (χ0n) is 17.5. The Morgan fingerprint density at radius 1 is 1.03 bits per heavy atom. The third-order valence-electron chi connectivity index (χ3n) is 4.96. The summed E-state index contributed by atoms with van der Waals surface area (Å²) in [7, 11) is -4.00. The molecule has 0 spiro atoms. The summed E-state index contributed by atoms with van der Waals surface area (Å²) in [5.41, 5.74) is 2.00. The van der Waals surface area contributed by atoms with Crippen LogP contribution >= 0.6 is 11.3 Å². The predicted octanol–water partition coefficient (Wildman–Crippen LogP) is 3.83. The summed E-state index contributed by atoms with van der Waals surface area (Å²) < 4.78 is 30.8. The molecule has 0 aliphatic heterocycles. The van der Waals surface area contributed by atoms with E-state index in [-0.39, 0.29) is 27.6 Å². The Morgan fingerprint density at radius 2 is 1.76 bits per heavy atom. The van der Waals surface area contributed by atoms with Crippen molar-refractivity contribution >= 4 is 43.2 Å². The molecule has 0 aliphatic rings. The Balaban J connectivity index is 1.65.